The van der Waals surface area contributed by atoms with Gasteiger partial charge in [-0.1, -0.05) is 11.8 Å². The molecule has 0 bridgehead atoms. The summed E-state index contributed by atoms with van der Waals surface area (Å²) in [5.74, 6) is 0.437. The van der Waals surface area contributed by atoms with Crippen molar-refractivity contribution in [1.29, 1.82) is 0 Å². The van der Waals surface area contributed by atoms with E-state index in [9.17, 15) is 4.79 Å². The molecule has 1 fully saturated rings. The van der Waals surface area contributed by atoms with Crippen LogP contribution in [0.5, 0.6) is 0 Å². The average Bonchev–Trinajstić information content (AvgIpc) is 2.76. The van der Waals surface area contributed by atoms with Gasteiger partial charge in [0.2, 0.25) is 0 Å². The van der Waals surface area contributed by atoms with Crippen molar-refractivity contribution in [3.63, 3.8) is 0 Å². The van der Waals surface area contributed by atoms with Crippen LogP contribution in [-0.2, 0) is 0 Å². The molecule has 16 heavy (non-hydrogen) atoms. The number of rotatable bonds is 2. The Hall–Kier alpha value is -0.940. The molecule has 0 aromatic carbocycles. The predicted molar refractivity (Wildman–Crippen MR) is 63.9 cm³/mol. The molecule has 1 aromatic heterocycles. The second-order valence-electron chi connectivity index (χ2n) is 3.93. The molecule has 1 N–H and O–H groups in total. The lowest BCUT2D eigenvalue weighted by molar-refractivity contribution is 0.0671. The molecule has 1 amide bonds. The molecule has 1 aliphatic heterocycles. The molecule has 5 heteroatoms. The zero-order valence-corrected chi connectivity index (χ0v) is 10.3. The molecule has 1 aromatic rings. The predicted octanol–water partition coefficient (Wildman–Crippen LogP) is 1.44. The summed E-state index contributed by atoms with van der Waals surface area (Å²) in [6.07, 6.45) is 1.93. The second kappa shape index (κ2) is 4.93. The van der Waals surface area contributed by atoms with E-state index in [2.05, 4.69) is 12.2 Å². The Morgan fingerprint density at radius 2 is 2.44 bits per heavy atom. The monoisotopic (exact) mass is 240 g/mol. The molecule has 88 valence electrons. The number of hydrogen-bond donors (Lipinski definition) is 1. The molecule has 2 heterocycles. The number of amides is 1. The summed E-state index contributed by atoms with van der Waals surface area (Å²) in [6, 6.07) is 3.94. The Kier molecular flexibility index (Phi) is 3.56. The highest BCUT2D eigenvalue weighted by atomic mass is 32.2. The van der Waals surface area contributed by atoms with Crippen LogP contribution in [0.25, 0.3) is 0 Å². The molecule has 0 aliphatic carbocycles. The van der Waals surface area contributed by atoms with E-state index in [1.807, 2.05) is 17.2 Å². The highest BCUT2D eigenvalue weighted by molar-refractivity contribution is 7.98. The molecule has 1 atom stereocenters. The number of thioether (sulfide) groups is 1. The maximum atomic E-state index is 12.1. The molecular weight excluding hydrogens is 224 g/mol. The van der Waals surface area contributed by atoms with Gasteiger partial charge in [0.05, 0.1) is 0 Å². The van der Waals surface area contributed by atoms with Crippen molar-refractivity contribution in [3.8, 4) is 0 Å². The van der Waals surface area contributed by atoms with Crippen molar-refractivity contribution in [1.82, 2.24) is 10.2 Å². The van der Waals surface area contributed by atoms with Crippen molar-refractivity contribution in [2.24, 2.45) is 0 Å². The van der Waals surface area contributed by atoms with E-state index in [-0.39, 0.29) is 5.91 Å². The Balaban J connectivity index is 2.06. The number of carbonyl (C=O) groups is 1. The van der Waals surface area contributed by atoms with Crippen molar-refractivity contribution >= 4 is 17.7 Å². The Morgan fingerprint density at radius 3 is 3.06 bits per heavy atom. The summed E-state index contributed by atoms with van der Waals surface area (Å²) in [5.41, 5.74) is 0. The molecule has 0 radical (unpaired) electrons. The SMILES string of the molecule is CSc1ccc(C(=O)N2CCNC(C)C2)o1. The minimum atomic E-state index is -0.00588. The lowest BCUT2D eigenvalue weighted by Crippen LogP contribution is -2.51. The lowest BCUT2D eigenvalue weighted by Gasteiger charge is -2.31. The van der Waals surface area contributed by atoms with Crippen LogP contribution in [-0.4, -0.2) is 42.7 Å². The smallest absolute Gasteiger partial charge is 0.289 e. The lowest BCUT2D eigenvalue weighted by atomic mass is 10.2. The average molecular weight is 240 g/mol. The van der Waals surface area contributed by atoms with Gasteiger partial charge in [0.15, 0.2) is 10.9 Å². The van der Waals surface area contributed by atoms with Gasteiger partial charge in [-0.2, -0.15) is 0 Å². The van der Waals surface area contributed by atoms with Crippen molar-refractivity contribution in [2.75, 3.05) is 25.9 Å². The quantitative estimate of drug-likeness (QED) is 0.794. The van der Waals surface area contributed by atoms with E-state index in [0.717, 1.165) is 24.7 Å². The molecular formula is C11H16N2O2S. The van der Waals surface area contributed by atoms with Crippen LogP contribution >= 0.6 is 11.8 Å². The fourth-order valence-electron chi connectivity index (χ4n) is 1.82. The van der Waals surface area contributed by atoms with Crippen LogP contribution in [0.4, 0.5) is 0 Å². The van der Waals surface area contributed by atoms with Gasteiger partial charge in [-0.15, -0.1) is 0 Å². The first-order valence-corrected chi connectivity index (χ1v) is 6.59. The van der Waals surface area contributed by atoms with Crippen LogP contribution in [0.15, 0.2) is 21.6 Å². The Bertz CT molecular complexity index is 378. The summed E-state index contributed by atoms with van der Waals surface area (Å²) >= 11 is 1.50. The molecule has 1 saturated heterocycles. The standard InChI is InChI=1S/C11H16N2O2S/c1-8-7-13(6-5-12-8)11(14)9-3-4-10(15-9)16-2/h3-4,8,12H,5-7H2,1-2H3. The van der Waals surface area contributed by atoms with E-state index in [1.54, 1.807) is 6.07 Å². The summed E-state index contributed by atoms with van der Waals surface area (Å²) in [6.45, 7) is 4.42. The van der Waals surface area contributed by atoms with Crippen LogP contribution in [0.3, 0.4) is 0 Å². The van der Waals surface area contributed by atoms with E-state index < -0.39 is 0 Å². The van der Waals surface area contributed by atoms with Crippen LogP contribution in [0, 0.1) is 0 Å². The molecule has 1 aliphatic rings. The van der Waals surface area contributed by atoms with Gasteiger partial charge in [-0.05, 0) is 25.3 Å². The number of nitrogens with one attached hydrogen (secondary N) is 1. The van der Waals surface area contributed by atoms with Gasteiger partial charge in [0.1, 0.15) is 0 Å². The van der Waals surface area contributed by atoms with Gasteiger partial charge in [0, 0.05) is 25.7 Å². The van der Waals surface area contributed by atoms with Crippen molar-refractivity contribution < 1.29 is 9.21 Å². The normalized spacial score (nSPS) is 21.1. The maximum absolute atomic E-state index is 12.1. The molecule has 2 rings (SSSR count). The van der Waals surface area contributed by atoms with Gasteiger partial charge in [-0.3, -0.25) is 4.79 Å². The highest BCUT2D eigenvalue weighted by Crippen LogP contribution is 2.19. The zero-order valence-electron chi connectivity index (χ0n) is 9.53. The van der Waals surface area contributed by atoms with Gasteiger partial charge < -0.3 is 14.6 Å². The third-order valence-corrected chi connectivity index (χ3v) is 3.27. The number of nitrogens with zero attached hydrogens (tertiary/aromatic N) is 1. The van der Waals surface area contributed by atoms with E-state index >= 15 is 0 Å². The number of piperazine rings is 1. The van der Waals surface area contributed by atoms with Crippen LogP contribution in [0.2, 0.25) is 0 Å². The summed E-state index contributed by atoms with van der Waals surface area (Å²) < 4.78 is 5.43. The third-order valence-electron chi connectivity index (χ3n) is 2.65. The minimum absolute atomic E-state index is 0.00588. The van der Waals surface area contributed by atoms with E-state index in [0.29, 0.717) is 11.8 Å². The van der Waals surface area contributed by atoms with E-state index in [1.165, 1.54) is 11.8 Å². The molecule has 4 nitrogen and oxygen atoms in total. The molecule has 1 unspecified atom stereocenters. The first-order valence-electron chi connectivity index (χ1n) is 5.37. The number of furan rings is 1. The highest BCUT2D eigenvalue weighted by Gasteiger charge is 2.23. The number of hydrogen-bond acceptors (Lipinski definition) is 4. The minimum Gasteiger partial charge on any atom is -0.445 e. The summed E-state index contributed by atoms with van der Waals surface area (Å²) in [7, 11) is 0. The van der Waals surface area contributed by atoms with Crippen molar-refractivity contribution in [2.45, 2.75) is 18.1 Å². The first-order chi connectivity index (χ1) is 7.70. The fraction of sp³-hybridized carbons (Fsp3) is 0.545. The molecule has 0 saturated carbocycles. The van der Waals surface area contributed by atoms with Gasteiger partial charge in [0.25, 0.3) is 5.91 Å². The van der Waals surface area contributed by atoms with Crippen LogP contribution < -0.4 is 5.32 Å². The van der Waals surface area contributed by atoms with E-state index in [4.69, 9.17) is 4.42 Å². The summed E-state index contributed by atoms with van der Waals surface area (Å²) in [4.78, 5) is 13.9. The summed E-state index contributed by atoms with van der Waals surface area (Å²) in [5, 5.41) is 4.09. The Morgan fingerprint density at radius 1 is 1.62 bits per heavy atom. The first kappa shape index (κ1) is 11.5. The molecule has 0 spiro atoms. The largest absolute Gasteiger partial charge is 0.445 e. The maximum Gasteiger partial charge on any atom is 0.289 e. The fourth-order valence-corrected chi connectivity index (χ4v) is 2.19. The van der Waals surface area contributed by atoms with Gasteiger partial charge in [-0.25, -0.2) is 0 Å². The van der Waals surface area contributed by atoms with Crippen LogP contribution in [0.1, 0.15) is 17.5 Å². The topological polar surface area (TPSA) is 45.5 Å². The number of carbonyl (C=O) groups excluding carboxylic acids is 1. The third kappa shape index (κ3) is 2.41. The zero-order chi connectivity index (χ0) is 11.5. The second-order valence-corrected chi connectivity index (χ2v) is 4.74. The Labute approximate surface area is 99.4 Å². The van der Waals surface area contributed by atoms with Gasteiger partial charge >= 0.3 is 0 Å². The van der Waals surface area contributed by atoms with Crippen molar-refractivity contribution in [3.05, 3.63) is 17.9 Å².